The Hall–Kier alpha value is -3.75. The van der Waals surface area contributed by atoms with Gasteiger partial charge in [-0.15, -0.1) is 0 Å². The maximum absolute atomic E-state index is 11.2. The lowest BCUT2D eigenvalue weighted by Crippen LogP contribution is -2.38. The highest BCUT2D eigenvalue weighted by molar-refractivity contribution is 5.85. The number of hydrogen-bond donors (Lipinski definition) is 2. The van der Waals surface area contributed by atoms with Crippen LogP contribution < -0.4 is 5.32 Å². The van der Waals surface area contributed by atoms with Crippen LogP contribution in [0.4, 0.5) is 11.6 Å². The van der Waals surface area contributed by atoms with Gasteiger partial charge in [0.25, 0.3) is 0 Å². The second kappa shape index (κ2) is 10.5. The van der Waals surface area contributed by atoms with Gasteiger partial charge in [0, 0.05) is 65.2 Å². The Morgan fingerprint density at radius 2 is 1.86 bits per heavy atom. The monoisotopic (exact) mass is 563 g/mol. The Bertz CT molecular complexity index is 1760. The largest absolute Gasteiger partial charge is 0.384 e. The minimum Gasteiger partial charge on any atom is -0.384 e. The van der Waals surface area contributed by atoms with Gasteiger partial charge in [-0.2, -0.15) is 4.98 Å². The molecule has 1 aliphatic carbocycles. The van der Waals surface area contributed by atoms with Crippen LogP contribution in [-0.2, 0) is 18.4 Å². The summed E-state index contributed by atoms with van der Waals surface area (Å²) in [6.07, 6.45) is 9.58. The SMILES string of the molecule is CCc1cc2cnc(Nc3ccc4c(ccn4C4CCN(C(C)C)CC4)c3)nc2n1-c1ccc2c(n1)[C@@](O)(CC)CC2. The molecule has 1 atom stereocenters. The Morgan fingerprint density at radius 3 is 2.62 bits per heavy atom. The van der Waals surface area contributed by atoms with Crippen LogP contribution in [0.15, 0.2) is 54.9 Å². The van der Waals surface area contributed by atoms with Crippen molar-refractivity contribution in [3.8, 4) is 5.82 Å². The average Bonchev–Trinajstić information content (AvgIpc) is 3.70. The van der Waals surface area contributed by atoms with E-state index in [1.807, 2.05) is 13.1 Å². The fourth-order valence-corrected chi connectivity index (χ4v) is 7.00. The number of pyridine rings is 1. The third-order valence-electron chi connectivity index (χ3n) is 9.61. The van der Waals surface area contributed by atoms with Crippen molar-refractivity contribution in [2.45, 2.75) is 83.9 Å². The van der Waals surface area contributed by atoms with Gasteiger partial charge >= 0.3 is 0 Å². The predicted molar refractivity (Wildman–Crippen MR) is 169 cm³/mol. The van der Waals surface area contributed by atoms with Gasteiger partial charge < -0.3 is 19.9 Å². The first-order valence-electron chi connectivity index (χ1n) is 15.6. The van der Waals surface area contributed by atoms with Crippen LogP contribution in [0.25, 0.3) is 27.8 Å². The molecule has 1 aliphatic heterocycles. The number of aliphatic hydroxyl groups is 1. The molecule has 0 bridgehead atoms. The molecule has 42 heavy (non-hydrogen) atoms. The van der Waals surface area contributed by atoms with Crippen molar-refractivity contribution in [2.75, 3.05) is 18.4 Å². The van der Waals surface area contributed by atoms with E-state index in [4.69, 9.17) is 9.97 Å². The van der Waals surface area contributed by atoms with E-state index in [1.54, 1.807) is 0 Å². The van der Waals surface area contributed by atoms with Crippen molar-refractivity contribution in [3.63, 3.8) is 0 Å². The summed E-state index contributed by atoms with van der Waals surface area (Å²) < 4.78 is 4.58. The number of rotatable bonds is 7. The summed E-state index contributed by atoms with van der Waals surface area (Å²) in [6, 6.07) is 16.2. The number of piperidine rings is 1. The van der Waals surface area contributed by atoms with E-state index in [0.717, 1.165) is 71.8 Å². The van der Waals surface area contributed by atoms with Crippen LogP contribution in [0.1, 0.15) is 76.4 Å². The quantitative estimate of drug-likeness (QED) is 0.230. The molecular formula is C34H41N7O. The lowest BCUT2D eigenvalue weighted by Gasteiger charge is -2.35. The molecule has 1 aromatic carbocycles. The number of benzene rings is 1. The maximum Gasteiger partial charge on any atom is 0.229 e. The molecule has 8 nitrogen and oxygen atoms in total. The van der Waals surface area contributed by atoms with Gasteiger partial charge in [0.2, 0.25) is 5.95 Å². The Balaban J connectivity index is 1.18. The van der Waals surface area contributed by atoms with Crippen molar-refractivity contribution in [1.29, 1.82) is 0 Å². The van der Waals surface area contributed by atoms with Gasteiger partial charge in [0.1, 0.15) is 11.4 Å². The van der Waals surface area contributed by atoms with Crippen LogP contribution in [0.3, 0.4) is 0 Å². The molecule has 1 saturated heterocycles. The predicted octanol–water partition coefficient (Wildman–Crippen LogP) is 6.67. The summed E-state index contributed by atoms with van der Waals surface area (Å²) in [6.45, 7) is 11.1. The van der Waals surface area contributed by atoms with E-state index >= 15 is 0 Å². The lowest BCUT2D eigenvalue weighted by atomic mass is 9.98. The molecule has 7 rings (SSSR count). The molecule has 4 aromatic heterocycles. The summed E-state index contributed by atoms with van der Waals surface area (Å²) >= 11 is 0. The summed E-state index contributed by atoms with van der Waals surface area (Å²) in [7, 11) is 0. The number of fused-ring (bicyclic) bond motifs is 3. The van der Waals surface area contributed by atoms with Gasteiger partial charge in [-0.1, -0.05) is 19.9 Å². The molecule has 2 N–H and O–H groups in total. The molecule has 1 fully saturated rings. The molecule has 8 heteroatoms. The molecule has 2 aliphatic rings. The highest BCUT2D eigenvalue weighted by Crippen LogP contribution is 2.39. The molecule has 218 valence electrons. The van der Waals surface area contributed by atoms with Gasteiger partial charge in [-0.05, 0) is 94.3 Å². The molecule has 0 spiro atoms. The molecule has 0 radical (unpaired) electrons. The molecule has 0 saturated carbocycles. The van der Waals surface area contributed by atoms with E-state index in [0.29, 0.717) is 24.5 Å². The number of aryl methyl sites for hydroxylation is 2. The second-order valence-corrected chi connectivity index (χ2v) is 12.3. The maximum atomic E-state index is 11.2. The Labute approximate surface area is 247 Å². The zero-order chi connectivity index (χ0) is 29.0. The highest BCUT2D eigenvalue weighted by atomic mass is 16.3. The summed E-state index contributed by atoms with van der Waals surface area (Å²) in [5, 5.41) is 16.8. The van der Waals surface area contributed by atoms with Crippen molar-refractivity contribution in [1.82, 2.24) is 29.0 Å². The van der Waals surface area contributed by atoms with Gasteiger partial charge in [-0.25, -0.2) is 9.97 Å². The zero-order valence-electron chi connectivity index (χ0n) is 25.1. The molecule has 0 unspecified atom stereocenters. The van der Waals surface area contributed by atoms with Crippen molar-refractivity contribution in [3.05, 3.63) is 71.8 Å². The third kappa shape index (κ3) is 4.57. The normalized spacial score (nSPS) is 19.8. The summed E-state index contributed by atoms with van der Waals surface area (Å²) in [5.41, 5.74) is 5.26. The molecule has 5 heterocycles. The van der Waals surface area contributed by atoms with Crippen molar-refractivity contribution in [2.24, 2.45) is 0 Å². The number of aromatic nitrogens is 5. The van der Waals surface area contributed by atoms with Crippen LogP contribution in [0, 0.1) is 0 Å². The Kier molecular flexibility index (Phi) is 6.78. The number of anilines is 2. The highest BCUT2D eigenvalue weighted by Gasteiger charge is 2.37. The molecular weight excluding hydrogens is 522 g/mol. The second-order valence-electron chi connectivity index (χ2n) is 12.3. The third-order valence-corrected chi connectivity index (χ3v) is 9.61. The van der Waals surface area contributed by atoms with E-state index in [9.17, 15) is 5.11 Å². The minimum absolute atomic E-state index is 0.545. The Morgan fingerprint density at radius 1 is 1.02 bits per heavy atom. The first-order chi connectivity index (χ1) is 20.4. The van der Waals surface area contributed by atoms with E-state index in [-0.39, 0.29) is 0 Å². The summed E-state index contributed by atoms with van der Waals surface area (Å²) in [4.78, 5) is 17.2. The van der Waals surface area contributed by atoms with Crippen molar-refractivity contribution < 1.29 is 5.11 Å². The molecule has 5 aromatic rings. The van der Waals surface area contributed by atoms with Crippen LogP contribution in [0.5, 0.6) is 0 Å². The number of likely N-dealkylation sites (tertiary alicyclic amines) is 1. The minimum atomic E-state index is -0.856. The van der Waals surface area contributed by atoms with E-state index in [1.165, 1.54) is 23.7 Å². The lowest BCUT2D eigenvalue weighted by molar-refractivity contribution is 0.0306. The molecule has 0 amide bonds. The fraction of sp³-hybridized carbons (Fsp3) is 0.441. The standard InChI is InChI=1S/C34H41N7O/c1-5-27-20-25-21-35-33(38-32(25)41(27)30-10-7-23-11-15-34(42,6-2)31(23)37-30)36-26-8-9-29-24(19-26)12-18-40(29)28-13-16-39(17-14-28)22(3)4/h7-10,12,18-22,28,42H,5-6,11,13-17H2,1-4H3,(H,35,36,38)/t34-/m1/s1. The van der Waals surface area contributed by atoms with Gasteiger partial charge in [-0.3, -0.25) is 4.57 Å². The van der Waals surface area contributed by atoms with E-state index < -0.39 is 5.60 Å². The van der Waals surface area contributed by atoms with Gasteiger partial charge in [0.15, 0.2) is 5.65 Å². The summed E-state index contributed by atoms with van der Waals surface area (Å²) in [5.74, 6) is 1.34. The number of nitrogens with zero attached hydrogens (tertiary/aromatic N) is 6. The average molecular weight is 564 g/mol. The first kappa shape index (κ1) is 27.1. The topological polar surface area (TPSA) is 84.0 Å². The van der Waals surface area contributed by atoms with Crippen LogP contribution >= 0.6 is 0 Å². The van der Waals surface area contributed by atoms with Crippen molar-refractivity contribution >= 4 is 33.6 Å². The number of hydrogen-bond acceptors (Lipinski definition) is 6. The van der Waals surface area contributed by atoms with Gasteiger partial charge in [0.05, 0.1) is 5.69 Å². The van der Waals surface area contributed by atoms with Crippen LogP contribution in [-0.4, -0.2) is 53.2 Å². The first-order valence-corrected chi connectivity index (χ1v) is 15.6. The smallest absolute Gasteiger partial charge is 0.229 e. The fourth-order valence-electron chi connectivity index (χ4n) is 7.00. The van der Waals surface area contributed by atoms with E-state index in [2.05, 4.69) is 93.8 Å². The number of nitrogens with one attached hydrogen (secondary N) is 1. The zero-order valence-corrected chi connectivity index (χ0v) is 25.1. The van der Waals surface area contributed by atoms with Crippen LogP contribution in [0.2, 0.25) is 0 Å².